The van der Waals surface area contributed by atoms with Crippen molar-refractivity contribution in [3.63, 3.8) is 0 Å². The van der Waals surface area contributed by atoms with Crippen molar-refractivity contribution in [2.45, 2.75) is 44.8 Å². The Bertz CT molecular complexity index is 796. The molecule has 2 aliphatic rings. The molecule has 0 saturated heterocycles. The van der Waals surface area contributed by atoms with Crippen molar-refractivity contribution >= 4 is 5.69 Å². The van der Waals surface area contributed by atoms with Gasteiger partial charge in [-0.25, -0.2) is 0 Å². The predicted octanol–water partition coefficient (Wildman–Crippen LogP) is 3.27. The van der Waals surface area contributed by atoms with Crippen LogP contribution in [0, 0.1) is 6.92 Å². The lowest BCUT2D eigenvalue weighted by molar-refractivity contribution is -0.686. The summed E-state index contributed by atoms with van der Waals surface area (Å²) in [5.74, 6) is 1.03. The number of aryl methyl sites for hydroxylation is 1. The van der Waals surface area contributed by atoms with Crippen LogP contribution in [0.3, 0.4) is 0 Å². The maximum absolute atomic E-state index is 6.73. The molecular weight excluding hydrogens is 284 g/mol. The second kappa shape index (κ2) is 4.50. The molecule has 0 radical (unpaired) electrons. The topological polar surface area (TPSA) is 16.4 Å². The molecule has 3 heterocycles. The average molecular weight is 309 g/mol. The Hall–Kier alpha value is -2.03. The van der Waals surface area contributed by atoms with Crippen LogP contribution in [-0.2, 0) is 18.9 Å². The smallest absolute Gasteiger partial charge is 0.223 e. The largest absolute Gasteiger partial charge is 0.460 e. The van der Waals surface area contributed by atoms with Gasteiger partial charge in [-0.1, -0.05) is 18.2 Å². The molecule has 1 unspecified atom stereocenters. The first kappa shape index (κ1) is 14.6. The molecule has 1 aromatic carbocycles. The minimum absolute atomic E-state index is 0.0561. The first-order valence-electron chi connectivity index (χ1n) is 8.39. The summed E-state index contributed by atoms with van der Waals surface area (Å²) in [7, 11) is 4.31. The zero-order valence-electron chi connectivity index (χ0n) is 14.7. The lowest BCUT2D eigenvalue weighted by Gasteiger charge is -2.47. The maximum atomic E-state index is 6.73. The van der Waals surface area contributed by atoms with Crippen LogP contribution in [0.1, 0.15) is 37.2 Å². The van der Waals surface area contributed by atoms with E-state index < -0.39 is 0 Å². The first-order valence-corrected chi connectivity index (χ1v) is 8.39. The molecule has 3 nitrogen and oxygen atoms in total. The Balaban J connectivity index is 1.86. The number of likely N-dealkylation sites (N-methyl/N-ethyl adjacent to an activating group) is 1. The lowest BCUT2D eigenvalue weighted by atomic mass is 9.74. The standard InChI is InChI=1S/C20H25N2O/c1-14-10-11-18-17(21(14)4)12-13-20(23-18)19(2,3)15-8-6-7-9-16(15)22(20)5/h6-11H,12-13H2,1-5H3/q+1. The number of nitrogens with zero attached hydrogens (tertiary/aromatic N) is 2. The van der Waals surface area contributed by atoms with Gasteiger partial charge in [0.2, 0.25) is 5.69 Å². The van der Waals surface area contributed by atoms with E-state index in [0.29, 0.717) is 0 Å². The highest BCUT2D eigenvalue weighted by Crippen LogP contribution is 2.54. The molecule has 2 aromatic rings. The van der Waals surface area contributed by atoms with E-state index in [1.807, 2.05) is 0 Å². The molecule has 0 amide bonds. The number of pyridine rings is 1. The third-order valence-corrected chi connectivity index (χ3v) is 6.13. The van der Waals surface area contributed by atoms with E-state index in [0.717, 1.165) is 18.6 Å². The number of aromatic nitrogens is 1. The summed E-state index contributed by atoms with van der Waals surface area (Å²) in [6.07, 6.45) is 2.03. The van der Waals surface area contributed by atoms with Crippen molar-refractivity contribution in [2.24, 2.45) is 7.05 Å². The quantitative estimate of drug-likeness (QED) is 0.695. The van der Waals surface area contributed by atoms with E-state index in [2.05, 4.69) is 80.7 Å². The molecule has 120 valence electrons. The highest BCUT2D eigenvalue weighted by Gasteiger charge is 2.59. The van der Waals surface area contributed by atoms with Crippen molar-refractivity contribution in [3.8, 4) is 5.75 Å². The molecule has 0 aliphatic carbocycles. The summed E-state index contributed by atoms with van der Waals surface area (Å²) in [6.45, 7) is 6.77. The van der Waals surface area contributed by atoms with Crippen LogP contribution in [0.15, 0.2) is 36.4 Å². The van der Waals surface area contributed by atoms with Crippen molar-refractivity contribution in [1.29, 1.82) is 0 Å². The molecule has 23 heavy (non-hydrogen) atoms. The third-order valence-electron chi connectivity index (χ3n) is 6.13. The fraction of sp³-hybridized carbons (Fsp3) is 0.450. The van der Waals surface area contributed by atoms with Gasteiger partial charge < -0.3 is 9.64 Å². The summed E-state index contributed by atoms with van der Waals surface area (Å²) in [5.41, 5.74) is 4.87. The highest BCUT2D eigenvalue weighted by atomic mass is 16.5. The Labute approximate surface area is 138 Å². The summed E-state index contributed by atoms with van der Waals surface area (Å²) in [5, 5.41) is 0. The number of para-hydroxylation sites is 1. The zero-order valence-corrected chi connectivity index (χ0v) is 14.7. The average Bonchev–Trinajstić information content (AvgIpc) is 2.71. The minimum atomic E-state index is -0.314. The number of hydrogen-bond donors (Lipinski definition) is 0. The van der Waals surface area contributed by atoms with Crippen LogP contribution >= 0.6 is 0 Å². The van der Waals surface area contributed by atoms with Gasteiger partial charge >= 0.3 is 0 Å². The number of rotatable bonds is 0. The molecule has 2 aliphatic heterocycles. The molecule has 0 bridgehead atoms. The Morgan fingerprint density at radius 2 is 1.87 bits per heavy atom. The minimum Gasteiger partial charge on any atom is -0.460 e. The maximum Gasteiger partial charge on any atom is 0.223 e. The molecule has 1 spiro atoms. The Morgan fingerprint density at radius 3 is 2.61 bits per heavy atom. The molecule has 1 atom stereocenters. The number of fused-ring (bicyclic) bond motifs is 2. The summed E-state index contributed by atoms with van der Waals surface area (Å²) in [4.78, 5) is 2.35. The zero-order chi connectivity index (χ0) is 16.4. The van der Waals surface area contributed by atoms with Gasteiger partial charge in [0, 0.05) is 38.6 Å². The molecule has 3 heteroatoms. The summed E-state index contributed by atoms with van der Waals surface area (Å²) in [6, 6.07) is 13.0. The first-order chi connectivity index (χ1) is 10.9. The van der Waals surface area contributed by atoms with E-state index in [1.165, 1.54) is 22.6 Å². The normalized spacial score (nSPS) is 24.3. The SMILES string of the molecule is Cc1ccc2c([n+]1C)CCC1(O2)N(C)c2ccccc2C1(C)C. The molecule has 4 rings (SSSR count). The predicted molar refractivity (Wildman–Crippen MR) is 91.9 cm³/mol. The number of benzene rings is 1. The van der Waals surface area contributed by atoms with Crippen LogP contribution in [0.5, 0.6) is 5.75 Å². The second-order valence-electron chi connectivity index (χ2n) is 7.43. The van der Waals surface area contributed by atoms with Gasteiger partial charge in [-0.15, -0.1) is 0 Å². The van der Waals surface area contributed by atoms with Crippen LogP contribution in [0.4, 0.5) is 5.69 Å². The number of hydrogen-bond acceptors (Lipinski definition) is 2. The van der Waals surface area contributed by atoms with Gasteiger partial charge in [-0.3, -0.25) is 0 Å². The second-order valence-corrected chi connectivity index (χ2v) is 7.43. The third kappa shape index (κ3) is 1.68. The Kier molecular flexibility index (Phi) is 2.85. The van der Waals surface area contributed by atoms with E-state index in [1.54, 1.807) is 0 Å². The van der Waals surface area contributed by atoms with Gasteiger partial charge in [-0.05, 0) is 31.5 Å². The van der Waals surface area contributed by atoms with Gasteiger partial charge in [0.25, 0.3) is 0 Å². The van der Waals surface area contributed by atoms with Crippen molar-refractivity contribution in [1.82, 2.24) is 0 Å². The molecular formula is C20H25N2O+. The van der Waals surface area contributed by atoms with Gasteiger partial charge in [0.05, 0.1) is 5.41 Å². The molecule has 0 saturated carbocycles. The van der Waals surface area contributed by atoms with Gasteiger partial charge in [0.15, 0.2) is 17.2 Å². The monoisotopic (exact) mass is 309 g/mol. The molecule has 1 aromatic heterocycles. The van der Waals surface area contributed by atoms with Crippen LogP contribution in [0.25, 0.3) is 0 Å². The fourth-order valence-corrected chi connectivity index (χ4v) is 4.48. The summed E-state index contributed by atoms with van der Waals surface area (Å²) < 4.78 is 8.99. The van der Waals surface area contributed by atoms with Gasteiger partial charge in [0.1, 0.15) is 7.05 Å². The van der Waals surface area contributed by atoms with Crippen molar-refractivity contribution in [3.05, 3.63) is 53.3 Å². The van der Waals surface area contributed by atoms with Crippen molar-refractivity contribution in [2.75, 3.05) is 11.9 Å². The molecule has 0 N–H and O–H groups in total. The number of anilines is 1. The lowest BCUT2D eigenvalue weighted by Crippen LogP contribution is -2.61. The fourth-order valence-electron chi connectivity index (χ4n) is 4.48. The van der Waals surface area contributed by atoms with E-state index in [-0.39, 0.29) is 11.1 Å². The van der Waals surface area contributed by atoms with Crippen LogP contribution < -0.4 is 14.2 Å². The summed E-state index contributed by atoms with van der Waals surface area (Å²) >= 11 is 0. The van der Waals surface area contributed by atoms with Crippen LogP contribution in [-0.4, -0.2) is 12.8 Å². The number of ether oxygens (including phenoxy) is 1. The van der Waals surface area contributed by atoms with Crippen LogP contribution in [0.2, 0.25) is 0 Å². The van der Waals surface area contributed by atoms with E-state index in [9.17, 15) is 0 Å². The molecule has 0 fully saturated rings. The Morgan fingerprint density at radius 1 is 1.13 bits per heavy atom. The van der Waals surface area contributed by atoms with Gasteiger partial charge in [-0.2, -0.15) is 4.57 Å². The highest BCUT2D eigenvalue weighted by molar-refractivity contribution is 5.65. The van der Waals surface area contributed by atoms with E-state index >= 15 is 0 Å². The van der Waals surface area contributed by atoms with E-state index in [4.69, 9.17) is 4.74 Å². The van der Waals surface area contributed by atoms with Crippen molar-refractivity contribution < 1.29 is 9.30 Å².